The lowest BCUT2D eigenvalue weighted by Crippen LogP contribution is -2.49. The van der Waals surface area contributed by atoms with Crippen molar-refractivity contribution in [3.63, 3.8) is 0 Å². The van der Waals surface area contributed by atoms with Crippen molar-refractivity contribution in [1.29, 1.82) is 0 Å². The van der Waals surface area contributed by atoms with Crippen LogP contribution < -0.4 is 10.2 Å². The number of nitrogens with zero attached hydrogens (tertiary/aromatic N) is 2. The third-order valence-corrected chi connectivity index (χ3v) is 7.76. The van der Waals surface area contributed by atoms with Crippen LogP contribution in [0.1, 0.15) is 61.6 Å². The molecule has 1 N–H and O–H groups in total. The van der Waals surface area contributed by atoms with Gasteiger partial charge in [-0.1, -0.05) is 49.1 Å². The molecule has 0 bridgehead atoms. The Morgan fingerprint density at radius 2 is 1.88 bits per heavy atom. The summed E-state index contributed by atoms with van der Waals surface area (Å²) in [5.74, 6) is -0.208. The minimum atomic E-state index is -0.208. The highest BCUT2D eigenvalue weighted by Crippen LogP contribution is 2.47. The van der Waals surface area contributed by atoms with Crippen molar-refractivity contribution in [2.24, 2.45) is 0 Å². The number of halogens is 1. The van der Waals surface area contributed by atoms with Gasteiger partial charge in [-0.3, -0.25) is 9.80 Å². The monoisotopic (exact) mass is 435 g/mol. The molecular formula is C27H34FN3O. The third kappa shape index (κ3) is 4.27. The quantitative estimate of drug-likeness (QED) is 0.688. The average molecular weight is 436 g/mol. The van der Waals surface area contributed by atoms with Gasteiger partial charge in [0, 0.05) is 30.2 Å². The van der Waals surface area contributed by atoms with Crippen LogP contribution >= 0.6 is 0 Å². The molecule has 5 heteroatoms. The van der Waals surface area contributed by atoms with Crippen LogP contribution in [0.15, 0.2) is 42.5 Å². The molecule has 0 atom stereocenters. The zero-order valence-corrected chi connectivity index (χ0v) is 19.1. The van der Waals surface area contributed by atoms with Gasteiger partial charge in [0.25, 0.3) is 0 Å². The number of amides is 2. The minimum Gasteiger partial charge on any atom is -0.335 e. The lowest BCUT2D eigenvalue weighted by Gasteiger charge is -2.40. The molecule has 2 aromatic rings. The first-order valence-corrected chi connectivity index (χ1v) is 12.2. The van der Waals surface area contributed by atoms with E-state index < -0.39 is 0 Å². The summed E-state index contributed by atoms with van der Waals surface area (Å²) in [6, 6.07) is 13.9. The Kier molecular flexibility index (Phi) is 5.93. The number of carbonyl (C=O) groups excluding carboxylic acids is 1. The molecule has 1 saturated heterocycles. The van der Waals surface area contributed by atoms with Crippen LogP contribution in [0.3, 0.4) is 0 Å². The predicted molar refractivity (Wildman–Crippen MR) is 127 cm³/mol. The van der Waals surface area contributed by atoms with Crippen LogP contribution in [0, 0.1) is 12.7 Å². The highest BCUT2D eigenvalue weighted by molar-refractivity contribution is 5.95. The molecule has 1 aliphatic carbocycles. The average Bonchev–Trinajstić information content (AvgIpc) is 3.10. The van der Waals surface area contributed by atoms with Crippen molar-refractivity contribution < 1.29 is 9.18 Å². The molecule has 0 radical (unpaired) electrons. The van der Waals surface area contributed by atoms with E-state index in [0.717, 1.165) is 56.6 Å². The van der Waals surface area contributed by atoms with Crippen LogP contribution in [0.2, 0.25) is 0 Å². The molecule has 5 rings (SSSR count). The maximum Gasteiger partial charge on any atom is 0.322 e. The second-order valence-electron chi connectivity index (χ2n) is 10.1. The summed E-state index contributed by atoms with van der Waals surface area (Å²) in [7, 11) is 0. The molecule has 2 fully saturated rings. The van der Waals surface area contributed by atoms with Gasteiger partial charge < -0.3 is 5.32 Å². The number of nitrogens with one attached hydrogen (secondary N) is 1. The molecular weight excluding hydrogens is 401 g/mol. The summed E-state index contributed by atoms with van der Waals surface area (Å²) in [5, 5.41) is 3.27. The Hall–Kier alpha value is -2.40. The van der Waals surface area contributed by atoms with E-state index in [2.05, 4.69) is 41.4 Å². The van der Waals surface area contributed by atoms with Crippen molar-refractivity contribution in [1.82, 2.24) is 10.2 Å². The Morgan fingerprint density at radius 3 is 2.62 bits per heavy atom. The van der Waals surface area contributed by atoms with Crippen molar-refractivity contribution in [3.8, 4) is 0 Å². The van der Waals surface area contributed by atoms with Gasteiger partial charge in [0.1, 0.15) is 5.82 Å². The number of carbonyl (C=O) groups is 1. The lowest BCUT2D eigenvalue weighted by molar-refractivity contribution is 0.159. The number of aryl methyl sites for hydroxylation is 1. The molecule has 2 aliphatic heterocycles. The SMILES string of the molecule is Cc1cccc(CN2CCC3(CC2)CN(C(=O)NC2CCCCC2)c2ccc(F)cc23)c1. The maximum atomic E-state index is 14.3. The van der Waals surface area contributed by atoms with Gasteiger partial charge in [-0.25, -0.2) is 9.18 Å². The smallest absolute Gasteiger partial charge is 0.322 e. The molecule has 0 unspecified atom stereocenters. The fourth-order valence-electron chi connectivity index (χ4n) is 5.96. The Bertz CT molecular complexity index is 977. The molecule has 2 amide bonds. The van der Waals surface area contributed by atoms with Crippen LogP contribution in [0.4, 0.5) is 14.9 Å². The second kappa shape index (κ2) is 8.86. The van der Waals surface area contributed by atoms with Gasteiger partial charge in [-0.05, 0) is 75.0 Å². The maximum absolute atomic E-state index is 14.3. The van der Waals surface area contributed by atoms with Gasteiger partial charge in [-0.15, -0.1) is 0 Å². The Balaban J connectivity index is 1.31. The number of rotatable bonds is 3. The van der Waals surface area contributed by atoms with E-state index in [0.29, 0.717) is 6.54 Å². The summed E-state index contributed by atoms with van der Waals surface area (Å²) < 4.78 is 14.3. The highest BCUT2D eigenvalue weighted by atomic mass is 19.1. The van der Waals surface area contributed by atoms with E-state index in [1.165, 1.54) is 36.5 Å². The number of urea groups is 1. The summed E-state index contributed by atoms with van der Waals surface area (Å²) in [6.45, 7) is 5.65. The third-order valence-electron chi connectivity index (χ3n) is 7.76. The van der Waals surface area contributed by atoms with Crippen LogP contribution in [0.25, 0.3) is 0 Å². The molecule has 2 aromatic carbocycles. The first-order valence-electron chi connectivity index (χ1n) is 12.2. The van der Waals surface area contributed by atoms with E-state index in [4.69, 9.17) is 0 Å². The normalized spacial score (nSPS) is 21.0. The van der Waals surface area contributed by atoms with E-state index in [1.54, 1.807) is 12.1 Å². The fraction of sp³-hybridized carbons (Fsp3) is 0.519. The van der Waals surface area contributed by atoms with Crippen LogP contribution in [-0.4, -0.2) is 36.6 Å². The number of likely N-dealkylation sites (tertiary alicyclic amines) is 1. The number of hydrogen-bond acceptors (Lipinski definition) is 2. The lowest BCUT2D eigenvalue weighted by atomic mass is 9.74. The summed E-state index contributed by atoms with van der Waals surface area (Å²) >= 11 is 0. The fourth-order valence-corrected chi connectivity index (χ4v) is 5.96. The van der Waals surface area contributed by atoms with E-state index >= 15 is 0 Å². The summed E-state index contributed by atoms with van der Waals surface area (Å²) in [6.07, 6.45) is 7.66. The molecule has 0 aromatic heterocycles. The van der Waals surface area contributed by atoms with Gasteiger partial charge in [-0.2, -0.15) is 0 Å². The minimum absolute atomic E-state index is 0.0103. The Labute approximate surface area is 190 Å². The largest absolute Gasteiger partial charge is 0.335 e. The predicted octanol–water partition coefficient (Wildman–Crippen LogP) is 5.53. The second-order valence-corrected chi connectivity index (χ2v) is 10.1. The van der Waals surface area contributed by atoms with Crippen molar-refractivity contribution in [2.75, 3.05) is 24.5 Å². The van der Waals surface area contributed by atoms with Crippen LogP contribution in [-0.2, 0) is 12.0 Å². The summed E-state index contributed by atoms with van der Waals surface area (Å²) in [5.41, 5.74) is 4.39. The Morgan fingerprint density at radius 1 is 1.09 bits per heavy atom. The van der Waals surface area contributed by atoms with Gasteiger partial charge in [0.2, 0.25) is 0 Å². The summed E-state index contributed by atoms with van der Waals surface area (Å²) in [4.78, 5) is 17.6. The van der Waals surface area contributed by atoms with Crippen molar-refractivity contribution in [2.45, 2.75) is 69.9 Å². The van der Waals surface area contributed by atoms with Crippen LogP contribution in [0.5, 0.6) is 0 Å². The molecule has 1 spiro atoms. The van der Waals surface area contributed by atoms with Gasteiger partial charge >= 0.3 is 6.03 Å². The number of hydrogen-bond donors (Lipinski definition) is 1. The number of anilines is 1. The number of benzene rings is 2. The highest BCUT2D eigenvalue weighted by Gasteiger charge is 2.46. The van der Waals surface area contributed by atoms with Gasteiger partial charge in [0.05, 0.1) is 0 Å². The van der Waals surface area contributed by atoms with E-state index in [9.17, 15) is 9.18 Å². The standard InChI is InChI=1S/C27H34FN3O/c1-20-6-5-7-21(16-20)18-30-14-12-27(13-15-30)19-31(25-11-10-22(28)17-24(25)27)26(32)29-23-8-3-2-4-9-23/h5-7,10-11,16-17,23H,2-4,8-9,12-15,18-19H2,1H3,(H,29,32). The van der Waals surface area contributed by atoms with E-state index in [-0.39, 0.29) is 23.3 Å². The first-order chi connectivity index (χ1) is 15.5. The zero-order valence-electron chi connectivity index (χ0n) is 19.1. The van der Waals surface area contributed by atoms with Crippen molar-refractivity contribution >= 4 is 11.7 Å². The number of fused-ring (bicyclic) bond motifs is 2. The topological polar surface area (TPSA) is 35.6 Å². The molecule has 32 heavy (non-hydrogen) atoms. The molecule has 3 aliphatic rings. The van der Waals surface area contributed by atoms with E-state index in [1.807, 2.05) is 4.90 Å². The first kappa shape index (κ1) is 21.4. The molecule has 4 nitrogen and oxygen atoms in total. The van der Waals surface area contributed by atoms with Gasteiger partial charge in [0.15, 0.2) is 0 Å². The molecule has 170 valence electrons. The molecule has 1 saturated carbocycles. The number of piperidine rings is 1. The zero-order chi connectivity index (χ0) is 22.1. The molecule has 2 heterocycles. The van der Waals surface area contributed by atoms with Crippen molar-refractivity contribution in [3.05, 3.63) is 65.0 Å².